The summed E-state index contributed by atoms with van der Waals surface area (Å²) < 4.78 is 34.1. The maximum absolute atomic E-state index is 11.4. The molecule has 0 aromatic rings. The summed E-state index contributed by atoms with van der Waals surface area (Å²) in [4.78, 5) is 0. The van der Waals surface area contributed by atoms with Crippen LogP contribution in [0.25, 0.3) is 0 Å². The van der Waals surface area contributed by atoms with Crippen LogP contribution in [-0.4, -0.2) is 6.98 Å². The van der Waals surface area contributed by atoms with E-state index in [0.717, 1.165) is 0 Å². The van der Waals surface area contributed by atoms with Crippen LogP contribution in [0.5, 0.6) is 0 Å². The van der Waals surface area contributed by atoms with Crippen LogP contribution in [0, 0.1) is 11.8 Å². The van der Waals surface area contributed by atoms with Gasteiger partial charge in [-0.15, -0.1) is 11.8 Å². The van der Waals surface area contributed by atoms with E-state index in [1.54, 1.807) is 0 Å². The largest absolute Gasteiger partial charge is 1.00 e. The summed E-state index contributed by atoms with van der Waals surface area (Å²) in [7, 11) is 0. The van der Waals surface area contributed by atoms with Crippen LogP contribution < -0.4 is 51.4 Å². The molecular weight excluding hydrogens is 167 g/mol. The molecule has 0 aromatic carbocycles. The van der Waals surface area contributed by atoms with Crippen molar-refractivity contribution in [3.05, 3.63) is 0 Å². The molecule has 0 radical (unpaired) electrons. The van der Waals surface area contributed by atoms with Crippen molar-refractivity contribution in [2.24, 2.45) is 0 Å². The summed E-state index contributed by atoms with van der Waals surface area (Å²) in [6, 6.07) is 0. The van der Waals surface area contributed by atoms with E-state index in [1.165, 1.54) is 6.92 Å². The number of rotatable bonds is 2. The molecule has 0 nitrogen and oxygen atoms in total. The monoisotopic (exact) mass is 174 g/mol. The minimum atomic E-state index is -4.61. The Morgan fingerprint density at radius 2 is 1.80 bits per heavy atom. The summed E-state index contributed by atoms with van der Waals surface area (Å²) in [6.07, 6.45) is -0.791. The molecular formula is C5H7BF3K. The Hall–Kier alpha value is 1.05. The standard InChI is InChI=1S/C5H7BF3.K/c1-2-3-4-5-6(7,8)9;/h4-5H2,1H3;/q-1;+1. The molecule has 0 atom stereocenters. The maximum atomic E-state index is 11.4. The molecule has 0 unspecified atom stereocenters. The Morgan fingerprint density at radius 1 is 1.30 bits per heavy atom. The Kier molecular flexibility index (Phi) is 9.19. The van der Waals surface area contributed by atoms with E-state index in [4.69, 9.17) is 0 Å². The minimum absolute atomic E-state index is 0. The van der Waals surface area contributed by atoms with Crippen LogP contribution in [-0.2, 0) is 0 Å². The average molecular weight is 174 g/mol. The van der Waals surface area contributed by atoms with Gasteiger partial charge in [-0.2, -0.15) is 0 Å². The first-order valence-electron chi connectivity index (χ1n) is 2.67. The van der Waals surface area contributed by atoms with Crippen LogP contribution >= 0.6 is 0 Å². The van der Waals surface area contributed by atoms with E-state index < -0.39 is 13.3 Å². The second kappa shape index (κ2) is 6.74. The van der Waals surface area contributed by atoms with Gasteiger partial charge in [0.15, 0.2) is 0 Å². The Morgan fingerprint density at radius 3 is 2.10 bits per heavy atom. The molecule has 0 bridgehead atoms. The van der Waals surface area contributed by atoms with E-state index in [2.05, 4.69) is 11.8 Å². The maximum Gasteiger partial charge on any atom is 1.00 e. The van der Waals surface area contributed by atoms with Crippen molar-refractivity contribution in [3.63, 3.8) is 0 Å². The zero-order valence-corrected chi connectivity index (χ0v) is 9.25. The van der Waals surface area contributed by atoms with Crippen LogP contribution in [0.2, 0.25) is 6.32 Å². The zero-order valence-electron chi connectivity index (χ0n) is 6.13. The Balaban J connectivity index is 0. The number of hydrogen-bond acceptors (Lipinski definition) is 0. The van der Waals surface area contributed by atoms with Gasteiger partial charge in [0.05, 0.1) is 0 Å². The van der Waals surface area contributed by atoms with Gasteiger partial charge in [-0.1, -0.05) is 6.32 Å². The molecule has 0 aromatic heterocycles. The quantitative estimate of drug-likeness (QED) is 0.381. The van der Waals surface area contributed by atoms with Crippen LogP contribution in [0.15, 0.2) is 0 Å². The van der Waals surface area contributed by atoms with Crippen LogP contribution in [0.4, 0.5) is 12.9 Å². The first-order chi connectivity index (χ1) is 4.06. The van der Waals surface area contributed by atoms with Gasteiger partial charge >= 0.3 is 58.4 Å². The third-order valence-corrected chi connectivity index (χ3v) is 0.773. The summed E-state index contributed by atoms with van der Waals surface area (Å²) in [6.45, 7) is -3.08. The minimum Gasteiger partial charge on any atom is -0.449 e. The first kappa shape index (κ1) is 13.6. The SMILES string of the molecule is CC#CCC[B-](F)(F)F.[K+]. The second-order valence-electron chi connectivity index (χ2n) is 1.68. The van der Waals surface area contributed by atoms with Crippen molar-refractivity contribution >= 4 is 6.98 Å². The van der Waals surface area contributed by atoms with Crippen molar-refractivity contribution in [2.75, 3.05) is 0 Å². The van der Waals surface area contributed by atoms with Crippen molar-refractivity contribution < 1.29 is 64.3 Å². The molecule has 0 N–H and O–H groups in total. The summed E-state index contributed by atoms with van der Waals surface area (Å²) in [5, 5.41) is 0. The van der Waals surface area contributed by atoms with Gasteiger partial charge in [-0.25, -0.2) is 0 Å². The smallest absolute Gasteiger partial charge is 0.449 e. The molecule has 0 aliphatic carbocycles. The molecule has 0 heterocycles. The molecule has 10 heavy (non-hydrogen) atoms. The van der Waals surface area contributed by atoms with Gasteiger partial charge in [0.2, 0.25) is 0 Å². The van der Waals surface area contributed by atoms with Crippen LogP contribution in [0.1, 0.15) is 13.3 Å². The molecule has 52 valence electrons. The topological polar surface area (TPSA) is 0 Å². The van der Waals surface area contributed by atoms with E-state index in [1.807, 2.05) is 0 Å². The van der Waals surface area contributed by atoms with E-state index in [9.17, 15) is 12.9 Å². The van der Waals surface area contributed by atoms with Gasteiger partial charge < -0.3 is 12.9 Å². The van der Waals surface area contributed by atoms with Crippen molar-refractivity contribution in [1.82, 2.24) is 0 Å². The average Bonchev–Trinajstić information content (AvgIpc) is 1.63. The Bertz CT molecular complexity index is 132. The van der Waals surface area contributed by atoms with Gasteiger partial charge in [0.25, 0.3) is 0 Å². The van der Waals surface area contributed by atoms with Gasteiger partial charge in [-0.05, 0) is 13.3 Å². The van der Waals surface area contributed by atoms with Crippen molar-refractivity contribution in [1.29, 1.82) is 0 Å². The van der Waals surface area contributed by atoms with Crippen LogP contribution in [0.3, 0.4) is 0 Å². The van der Waals surface area contributed by atoms with Gasteiger partial charge in [0.1, 0.15) is 0 Å². The number of halogens is 3. The molecule has 0 fully saturated rings. The molecule has 0 aliphatic rings. The van der Waals surface area contributed by atoms with E-state index in [0.29, 0.717) is 0 Å². The predicted octanol–water partition coefficient (Wildman–Crippen LogP) is -0.749. The third-order valence-electron chi connectivity index (χ3n) is 0.773. The fourth-order valence-corrected chi connectivity index (χ4v) is 0.361. The molecule has 0 saturated heterocycles. The second-order valence-corrected chi connectivity index (χ2v) is 1.68. The van der Waals surface area contributed by atoms with Crippen molar-refractivity contribution in [2.45, 2.75) is 19.7 Å². The third kappa shape index (κ3) is 11.8. The predicted molar refractivity (Wildman–Crippen MR) is 32.0 cm³/mol. The fourth-order valence-electron chi connectivity index (χ4n) is 0.361. The van der Waals surface area contributed by atoms with E-state index in [-0.39, 0.29) is 57.8 Å². The first-order valence-corrected chi connectivity index (χ1v) is 2.67. The number of hydrogen-bond donors (Lipinski definition) is 0. The molecule has 5 heteroatoms. The van der Waals surface area contributed by atoms with E-state index >= 15 is 0 Å². The molecule has 0 spiro atoms. The molecule has 0 aliphatic heterocycles. The normalized spacial score (nSPS) is 9.20. The van der Waals surface area contributed by atoms with Gasteiger partial charge in [0, 0.05) is 0 Å². The summed E-state index contributed by atoms with van der Waals surface area (Å²) >= 11 is 0. The zero-order chi connectivity index (χ0) is 7.33. The fraction of sp³-hybridized carbons (Fsp3) is 0.600. The molecule has 0 rings (SSSR count). The summed E-state index contributed by atoms with van der Waals surface area (Å²) in [5.74, 6) is 4.75. The Labute approximate surface area is 101 Å². The van der Waals surface area contributed by atoms with Gasteiger partial charge in [-0.3, -0.25) is 0 Å². The molecule has 0 amide bonds. The van der Waals surface area contributed by atoms with Crippen molar-refractivity contribution in [3.8, 4) is 11.8 Å². The summed E-state index contributed by atoms with van der Waals surface area (Å²) in [5.41, 5.74) is 0. The molecule has 0 saturated carbocycles.